The van der Waals surface area contributed by atoms with Gasteiger partial charge in [0.05, 0.1) is 25.3 Å². The molecule has 2 aliphatic heterocycles. The summed E-state index contributed by atoms with van der Waals surface area (Å²) < 4.78 is 5.17. The van der Waals surface area contributed by atoms with Crippen LogP contribution in [0.3, 0.4) is 0 Å². The zero-order chi connectivity index (χ0) is 22.8. The van der Waals surface area contributed by atoms with E-state index >= 15 is 0 Å². The Kier molecular flexibility index (Phi) is 6.31. The number of rotatable bonds is 5. The van der Waals surface area contributed by atoms with Gasteiger partial charge in [0.15, 0.2) is 5.13 Å². The van der Waals surface area contributed by atoms with Crippen molar-refractivity contribution in [3.8, 4) is 5.75 Å². The standard InChI is InChI=1S/C22H27N5O4S/c1-13(2)23-21(30)25-22-24-17-8-9-26(12-18(17)32-22)20(29)14-10-19(28)27(11-14)15-4-6-16(31-3)7-5-15/h4-7,13-14H,8-12H2,1-3H3,(H2,23,24,25,30). The third-order valence-corrected chi connectivity index (χ3v) is 6.54. The monoisotopic (exact) mass is 457 g/mol. The van der Waals surface area contributed by atoms with Crippen molar-refractivity contribution < 1.29 is 19.1 Å². The van der Waals surface area contributed by atoms with Crippen LogP contribution in [-0.4, -0.2) is 54.0 Å². The molecule has 2 aromatic rings. The number of nitrogens with zero attached hydrogens (tertiary/aromatic N) is 3. The SMILES string of the molecule is COc1ccc(N2CC(C(=O)N3CCc4nc(NC(=O)NC(C)C)sc4C3)CC2=O)cc1. The lowest BCUT2D eigenvalue weighted by Gasteiger charge is -2.28. The van der Waals surface area contributed by atoms with Gasteiger partial charge >= 0.3 is 6.03 Å². The summed E-state index contributed by atoms with van der Waals surface area (Å²) in [5.41, 5.74) is 1.69. The molecule has 1 unspecified atom stereocenters. The predicted molar refractivity (Wildman–Crippen MR) is 122 cm³/mol. The molecule has 0 bridgehead atoms. The molecule has 1 aromatic carbocycles. The average molecular weight is 458 g/mol. The Morgan fingerprint density at radius 1 is 1.25 bits per heavy atom. The number of nitrogens with one attached hydrogen (secondary N) is 2. The van der Waals surface area contributed by atoms with Crippen molar-refractivity contribution in [3.05, 3.63) is 34.8 Å². The van der Waals surface area contributed by atoms with Crippen LogP contribution in [0.15, 0.2) is 24.3 Å². The molecule has 0 saturated carbocycles. The van der Waals surface area contributed by atoms with Crippen molar-refractivity contribution in [3.63, 3.8) is 0 Å². The number of amides is 4. The first kappa shape index (κ1) is 22.1. The average Bonchev–Trinajstić information content (AvgIpc) is 3.34. The summed E-state index contributed by atoms with van der Waals surface area (Å²) in [6, 6.07) is 7.02. The van der Waals surface area contributed by atoms with Crippen LogP contribution in [0.25, 0.3) is 0 Å². The maximum Gasteiger partial charge on any atom is 0.321 e. The Morgan fingerprint density at radius 3 is 2.69 bits per heavy atom. The van der Waals surface area contributed by atoms with Gasteiger partial charge in [0.25, 0.3) is 0 Å². The number of aromatic nitrogens is 1. The van der Waals surface area contributed by atoms with E-state index in [9.17, 15) is 14.4 Å². The number of fused-ring (bicyclic) bond motifs is 1. The molecule has 10 heteroatoms. The van der Waals surface area contributed by atoms with Crippen LogP contribution in [0.2, 0.25) is 0 Å². The molecule has 2 aliphatic rings. The van der Waals surface area contributed by atoms with E-state index in [0.717, 1.165) is 22.0 Å². The minimum atomic E-state index is -0.367. The van der Waals surface area contributed by atoms with Gasteiger partial charge in [-0.3, -0.25) is 14.9 Å². The number of carbonyl (C=O) groups is 3. The van der Waals surface area contributed by atoms with Crippen LogP contribution >= 0.6 is 11.3 Å². The van der Waals surface area contributed by atoms with Crippen molar-refractivity contribution >= 4 is 40.0 Å². The fourth-order valence-electron chi connectivity index (χ4n) is 3.98. The first-order chi connectivity index (χ1) is 15.3. The van der Waals surface area contributed by atoms with Gasteiger partial charge in [0.2, 0.25) is 11.8 Å². The zero-order valence-electron chi connectivity index (χ0n) is 18.4. The summed E-state index contributed by atoms with van der Waals surface area (Å²) in [5.74, 6) is 0.290. The molecule has 9 nitrogen and oxygen atoms in total. The molecule has 32 heavy (non-hydrogen) atoms. The lowest BCUT2D eigenvalue weighted by Crippen LogP contribution is -2.40. The minimum absolute atomic E-state index is 0.0135. The lowest BCUT2D eigenvalue weighted by molar-refractivity contribution is -0.136. The number of methoxy groups -OCH3 is 1. The number of urea groups is 1. The van der Waals surface area contributed by atoms with Crippen LogP contribution in [0.1, 0.15) is 30.8 Å². The van der Waals surface area contributed by atoms with Crippen molar-refractivity contribution in [2.75, 3.05) is 30.4 Å². The molecule has 4 rings (SSSR count). The van der Waals surface area contributed by atoms with Gasteiger partial charge in [0.1, 0.15) is 5.75 Å². The topological polar surface area (TPSA) is 104 Å². The van der Waals surface area contributed by atoms with E-state index in [2.05, 4.69) is 15.6 Å². The molecule has 2 N–H and O–H groups in total. The predicted octanol–water partition coefficient (Wildman–Crippen LogP) is 2.62. The van der Waals surface area contributed by atoms with Gasteiger partial charge < -0.3 is 19.9 Å². The molecule has 1 fully saturated rings. The van der Waals surface area contributed by atoms with Crippen LogP contribution in [0.4, 0.5) is 15.6 Å². The van der Waals surface area contributed by atoms with Gasteiger partial charge in [-0.1, -0.05) is 11.3 Å². The van der Waals surface area contributed by atoms with Gasteiger partial charge in [-0.15, -0.1) is 0 Å². The Hall–Kier alpha value is -3.14. The van der Waals surface area contributed by atoms with Gasteiger partial charge in [-0.2, -0.15) is 0 Å². The summed E-state index contributed by atoms with van der Waals surface area (Å²) in [4.78, 5) is 46.6. The molecule has 1 saturated heterocycles. The van der Waals surface area contributed by atoms with Crippen LogP contribution in [0, 0.1) is 5.92 Å². The molecular formula is C22H27N5O4S. The Balaban J connectivity index is 1.38. The van der Waals surface area contributed by atoms with Gasteiger partial charge in [-0.05, 0) is 38.1 Å². The third-order valence-electron chi connectivity index (χ3n) is 5.54. The Morgan fingerprint density at radius 2 is 2.00 bits per heavy atom. The van der Waals surface area contributed by atoms with E-state index in [1.165, 1.54) is 11.3 Å². The van der Waals surface area contributed by atoms with Gasteiger partial charge in [0, 0.05) is 42.5 Å². The molecule has 4 amide bonds. The van der Waals surface area contributed by atoms with Crippen molar-refractivity contribution in [1.29, 1.82) is 0 Å². The van der Waals surface area contributed by atoms with Gasteiger partial charge in [-0.25, -0.2) is 9.78 Å². The second-order valence-corrected chi connectivity index (χ2v) is 9.34. The minimum Gasteiger partial charge on any atom is -0.497 e. The number of hydrogen-bond donors (Lipinski definition) is 2. The number of thiazole rings is 1. The lowest BCUT2D eigenvalue weighted by atomic mass is 10.1. The number of ether oxygens (including phenoxy) is 1. The molecular weight excluding hydrogens is 430 g/mol. The third kappa shape index (κ3) is 4.69. The summed E-state index contributed by atoms with van der Waals surface area (Å²) in [6.07, 6.45) is 0.840. The van der Waals surface area contributed by atoms with Crippen LogP contribution < -0.4 is 20.3 Å². The van der Waals surface area contributed by atoms with E-state index < -0.39 is 0 Å². The molecule has 1 aromatic heterocycles. The largest absolute Gasteiger partial charge is 0.497 e. The molecule has 0 spiro atoms. The number of anilines is 2. The fourth-order valence-corrected chi connectivity index (χ4v) is 4.99. The molecule has 0 aliphatic carbocycles. The molecule has 3 heterocycles. The van der Waals surface area contributed by atoms with E-state index in [1.807, 2.05) is 26.0 Å². The highest BCUT2D eigenvalue weighted by atomic mass is 32.1. The smallest absolute Gasteiger partial charge is 0.321 e. The fraction of sp³-hybridized carbons (Fsp3) is 0.455. The second-order valence-electron chi connectivity index (χ2n) is 8.26. The summed E-state index contributed by atoms with van der Waals surface area (Å²) >= 11 is 1.39. The number of benzene rings is 1. The first-order valence-corrected chi connectivity index (χ1v) is 11.4. The first-order valence-electron chi connectivity index (χ1n) is 10.6. The highest BCUT2D eigenvalue weighted by Crippen LogP contribution is 2.32. The normalized spacial score (nSPS) is 18.0. The maximum atomic E-state index is 13.2. The zero-order valence-corrected chi connectivity index (χ0v) is 19.2. The summed E-state index contributed by atoms with van der Waals surface area (Å²) in [6.45, 7) is 5.16. The Bertz CT molecular complexity index is 1020. The summed E-state index contributed by atoms with van der Waals surface area (Å²) in [7, 11) is 1.59. The second kappa shape index (κ2) is 9.15. The quantitative estimate of drug-likeness (QED) is 0.718. The van der Waals surface area contributed by atoms with E-state index in [1.54, 1.807) is 29.0 Å². The molecule has 0 radical (unpaired) electrons. The van der Waals surface area contributed by atoms with Crippen molar-refractivity contribution in [1.82, 2.24) is 15.2 Å². The highest BCUT2D eigenvalue weighted by Gasteiger charge is 2.38. The Labute approximate surface area is 190 Å². The maximum absolute atomic E-state index is 13.2. The summed E-state index contributed by atoms with van der Waals surface area (Å²) in [5, 5.41) is 6.07. The molecule has 170 valence electrons. The van der Waals surface area contributed by atoms with E-state index in [-0.39, 0.29) is 36.2 Å². The molecule has 1 atom stereocenters. The number of hydrogen-bond acceptors (Lipinski definition) is 6. The van der Waals surface area contributed by atoms with Crippen molar-refractivity contribution in [2.24, 2.45) is 5.92 Å². The van der Waals surface area contributed by atoms with Crippen molar-refractivity contribution in [2.45, 2.75) is 39.3 Å². The van der Waals surface area contributed by atoms with Crippen LogP contribution in [0.5, 0.6) is 5.75 Å². The number of carbonyl (C=O) groups excluding carboxylic acids is 3. The highest BCUT2D eigenvalue weighted by molar-refractivity contribution is 7.15. The van der Waals surface area contributed by atoms with Crippen LogP contribution in [-0.2, 0) is 22.6 Å². The van der Waals surface area contributed by atoms with E-state index in [4.69, 9.17) is 4.74 Å². The van der Waals surface area contributed by atoms with E-state index in [0.29, 0.717) is 31.2 Å².